The summed E-state index contributed by atoms with van der Waals surface area (Å²) in [6.45, 7) is 7.05. The molecule has 0 unspecified atom stereocenters. The summed E-state index contributed by atoms with van der Waals surface area (Å²) in [6, 6.07) is 9.92. The van der Waals surface area contributed by atoms with Gasteiger partial charge in [-0.15, -0.1) is 21.5 Å². The molecule has 3 aromatic rings. The number of nitrogens with zero attached hydrogens (tertiary/aromatic N) is 3. The third-order valence-corrected chi connectivity index (χ3v) is 5.62. The largest absolute Gasteiger partial charge is 0.325 e. The molecule has 0 spiro atoms. The fourth-order valence-electron chi connectivity index (χ4n) is 2.64. The number of hydrogen-bond donors (Lipinski definition) is 1. The van der Waals surface area contributed by atoms with E-state index in [1.54, 1.807) is 11.3 Å². The van der Waals surface area contributed by atoms with Crippen LogP contribution in [0.25, 0.3) is 11.4 Å². The second-order valence-electron chi connectivity index (χ2n) is 6.11. The van der Waals surface area contributed by atoms with Crippen LogP contribution in [0, 0.1) is 13.8 Å². The van der Waals surface area contributed by atoms with Gasteiger partial charge < -0.3 is 9.88 Å². The number of thioether (sulfide) groups is 1. The molecule has 1 amide bonds. The highest BCUT2D eigenvalue weighted by atomic mass is 32.2. The molecule has 0 aliphatic heterocycles. The molecule has 0 saturated carbocycles. The van der Waals surface area contributed by atoms with Crippen LogP contribution in [0.3, 0.4) is 0 Å². The Morgan fingerprint density at radius 3 is 2.81 bits per heavy atom. The Morgan fingerprint density at radius 2 is 2.12 bits per heavy atom. The van der Waals surface area contributed by atoms with E-state index in [1.807, 2.05) is 31.2 Å². The molecule has 3 rings (SSSR count). The van der Waals surface area contributed by atoms with Gasteiger partial charge in [-0.2, -0.15) is 0 Å². The molecule has 0 radical (unpaired) electrons. The zero-order chi connectivity index (χ0) is 18.5. The number of anilines is 1. The van der Waals surface area contributed by atoms with Gasteiger partial charge in [0.25, 0.3) is 0 Å². The molecule has 0 fully saturated rings. The van der Waals surface area contributed by atoms with Crippen molar-refractivity contribution in [2.45, 2.75) is 38.9 Å². The number of aryl methyl sites for hydroxylation is 2. The van der Waals surface area contributed by atoms with Crippen LogP contribution in [0.5, 0.6) is 0 Å². The number of carbonyl (C=O) groups excluding carboxylic acids is 1. The van der Waals surface area contributed by atoms with Gasteiger partial charge in [-0.25, -0.2) is 0 Å². The Labute approximate surface area is 161 Å². The second-order valence-corrected chi connectivity index (χ2v) is 8.17. The molecule has 136 valence electrons. The van der Waals surface area contributed by atoms with Crippen LogP contribution in [0.4, 0.5) is 5.69 Å². The van der Waals surface area contributed by atoms with Crippen LogP contribution >= 0.6 is 23.1 Å². The van der Waals surface area contributed by atoms with E-state index in [4.69, 9.17) is 0 Å². The Balaban J connectivity index is 1.69. The van der Waals surface area contributed by atoms with E-state index >= 15 is 0 Å². The number of carbonyl (C=O) groups is 1. The highest BCUT2D eigenvalue weighted by Crippen LogP contribution is 2.27. The number of aromatic nitrogens is 3. The maximum absolute atomic E-state index is 12.3. The van der Waals surface area contributed by atoms with E-state index in [2.05, 4.69) is 45.4 Å². The summed E-state index contributed by atoms with van der Waals surface area (Å²) < 4.78 is 2.10. The van der Waals surface area contributed by atoms with E-state index in [9.17, 15) is 4.79 Å². The highest BCUT2D eigenvalue weighted by molar-refractivity contribution is 7.99. The van der Waals surface area contributed by atoms with Crippen molar-refractivity contribution in [2.24, 2.45) is 0 Å². The van der Waals surface area contributed by atoms with Crippen LogP contribution < -0.4 is 5.32 Å². The van der Waals surface area contributed by atoms with Crippen molar-refractivity contribution in [3.05, 3.63) is 46.2 Å². The van der Waals surface area contributed by atoms with Gasteiger partial charge in [-0.1, -0.05) is 30.8 Å². The Hall–Kier alpha value is -2.12. The highest BCUT2D eigenvalue weighted by Gasteiger charge is 2.16. The van der Waals surface area contributed by atoms with E-state index in [0.717, 1.165) is 40.8 Å². The lowest BCUT2D eigenvalue weighted by Gasteiger charge is -2.08. The lowest BCUT2D eigenvalue weighted by Crippen LogP contribution is -2.14. The average Bonchev–Trinajstić information content (AvgIpc) is 3.19. The van der Waals surface area contributed by atoms with Crippen LogP contribution in [-0.2, 0) is 11.3 Å². The minimum atomic E-state index is -0.0421. The predicted molar refractivity (Wildman–Crippen MR) is 109 cm³/mol. The van der Waals surface area contributed by atoms with Gasteiger partial charge in [0.1, 0.15) is 0 Å². The summed E-state index contributed by atoms with van der Waals surface area (Å²) in [6.07, 6.45) is 0.983. The molecule has 5 nitrogen and oxygen atoms in total. The van der Waals surface area contributed by atoms with Gasteiger partial charge in [-0.3, -0.25) is 4.79 Å². The Bertz CT molecular complexity index is 901. The molecular weight excluding hydrogens is 364 g/mol. The molecule has 26 heavy (non-hydrogen) atoms. The maximum atomic E-state index is 12.3. The van der Waals surface area contributed by atoms with E-state index < -0.39 is 0 Å². The number of amides is 1. The minimum Gasteiger partial charge on any atom is -0.325 e. The molecule has 0 atom stereocenters. The molecule has 2 aromatic heterocycles. The maximum Gasteiger partial charge on any atom is 0.234 e. The van der Waals surface area contributed by atoms with Gasteiger partial charge in [0, 0.05) is 28.1 Å². The van der Waals surface area contributed by atoms with Gasteiger partial charge in [-0.05, 0) is 44.0 Å². The average molecular weight is 387 g/mol. The van der Waals surface area contributed by atoms with Crippen molar-refractivity contribution in [3.8, 4) is 11.4 Å². The molecule has 0 saturated heterocycles. The van der Waals surface area contributed by atoms with Crippen molar-refractivity contribution in [1.82, 2.24) is 14.8 Å². The van der Waals surface area contributed by atoms with Gasteiger partial charge in [0.05, 0.1) is 5.75 Å². The molecule has 0 bridgehead atoms. The van der Waals surface area contributed by atoms with Crippen molar-refractivity contribution in [1.29, 1.82) is 0 Å². The predicted octanol–water partition coefficient (Wildman–Crippen LogP) is 4.76. The van der Waals surface area contributed by atoms with E-state index in [-0.39, 0.29) is 5.91 Å². The fraction of sp³-hybridized carbons (Fsp3) is 0.316. The lowest BCUT2D eigenvalue weighted by atomic mass is 10.2. The summed E-state index contributed by atoms with van der Waals surface area (Å²) in [5.41, 5.74) is 3.03. The molecule has 2 heterocycles. The molecule has 7 heteroatoms. The Kier molecular flexibility index (Phi) is 6.11. The summed E-state index contributed by atoms with van der Waals surface area (Å²) in [5, 5.41) is 14.5. The number of nitrogens with one attached hydrogen (secondary N) is 1. The molecule has 0 aliphatic rings. The standard InChI is InChI=1S/C19H22N4OS2/c1-4-8-23-18(15-10-14(3)25-11-15)21-22-19(23)26-12-17(24)20-16-7-5-6-13(2)9-16/h5-7,9-11H,4,8,12H2,1-3H3,(H,20,24). The first-order valence-corrected chi connectivity index (χ1v) is 10.4. The Morgan fingerprint density at radius 1 is 1.27 bits per heavy atom. The molecule has 1 N–H and O–H groups in total. The zero-order valence-electron chi connectivity index (χ0n) is 15.2. The monoisotopic (exact) mass is 386 g/mol. The SMILES string of the molecule is CCCn1c(SCC(=O)Nc2cccc(C)c2)nnc1-c1csc(C)c1. The lowest BCUT2D eigenvalue weighted by molar-refractivity contribution is -0.113. The quantitative estimate of drug-likeness (QED) is 0.595. The first-order chi connectivity index (χ1) is 12.6. The minimum absolute atomic E-state index is 0.0421. The zero-order valence-corrected chi connectivity index (χ0v) is 16.8. The van der Waals surface area contributed by atoms with Gasteiger partial charge >= 0.3 is 0 Å². The summed E-state index contributed by atoms with van der Waals surface area (Å²) in [7, 11) is 0. The van der Waals surface area contributed by atoms with Crippen molar-refractivity contribution < 1.29 is 4.79 Å². The molecular formula is C19H22N4OS2. The number of rotatable bonds is 7. The molecule has 1 aromatic carbocycles. The van der Waals surface area contributed by atoms with Crippen LogP contribution in [0.1, 0.15) is 23.8 Å². The van der Waals surface area contributed by atoms with Crippen molar-refractivity contribution in [3.63, 3.8) is 0 Å². The van der Waals surface area contributed by atoms with Crippen LogP contribution in [-0.4, -0.2) is 26.4 Å². The smallest absolute Gasteiger partial charge is 0.234 e. The van der Waals surface area contributed by atoms with Crippen molar-refractivity contribution in [2.75, 3.05) is 11.1 Å². The number of hydrogen-bond acceptors (Lipinski definition) is 5. The van der Waals surface area contributed by atoms with E-state index in [1.165, 1.54) is 16.6 Å². The third-order valence-electron chi connectivity index (χ3n) is 3.79. The van der Waals surface area contributed by atoms with Gasteiger partial charge in [0.2, 0.25) is 5.91 Å². The van der Waals surface area contributed by atoms with Crippen LogP contribution in [0.2, 0.25) is 0 Å². The first kappa shape index (κ1) is 18.7. The number of thiophene rings is 1. The third kappa shape index (κ3) is 4.53. The first-order valence-electron chi connectivity index (χ1n) is 8.55. The van der Waals surface area contributed by atoms with Crippen molar-refractivity contribution >= 4 is 34.7 Å². The van der Waals surface area contributed by atoms with Crippen LogP contribution in [0.15, 0.2) is 40.9 Å². The molecule has 0 aliphatic carbocycles. The van der Waals surface area contributed by atoms with Gasteiger partial charge in [0.15, 0.2) is 11.0 Å². The second kappa shape index (κ2) is 8.51. The summed E-state index contributed by atoms with van der Waals surface area (Å²) in [5.74, 6) is 1.13. The summed E-state index contributed by atoms with van der Waals surface area (Å²) in [4.78, 5) is 13.5. The fourth-order valence-corrected chi connectivity index (χ4v) is 4.09. The normalized spacial score (nSPS) is 10.9. The van der Waals surface area contributed by atoms with E-state index in [0.29, 0.717) is 5.75 Å². The topological polar surface area (TPSA) is 59.8 Å². The number of benzene rings is 1. The summed E-state index contributed by atoms with van der Waals surface area (Å²) >= 11 is 3.13.